The summed E-state index contributed by atoms with van der Waals surface area (Å²) in [6, 6.07) is 0.725. The molecule has 1 aliphatic heterocycles. The molecule has 3 nitrogen and oxygen atoms in total. The molecular formula is C12H20N2O. The molecule has 0 saturated carbocycles. The van der Waals surface area contributed by atoms with E-state index in [1.54, 1.807) is 0 Å². The normalized spacial score (nSPS) is 28.3. The lowest BCUT2D eigenvalue weighted by Crippen LogP contribution is -2.40. The summed E-state index contributed by atoms with van der Waals surface area (Å²) >= 11 is 0. The lowest BCUT2D eigenvalue weighted by Gasteiger charge is -2.36. The molecule has 1 N–H and O–H groups in total. The first-order chi connectivity index (χ1) is 7.40. The smallest absolute Gasteiger partial charge is 0.211 e. The third-order valence-corrected chi connectivity index (χ3v) is 3.53. The van der Waals surface area contributed by atoms with Crippen LogP contribution < -0.4 is 5.32 Å². The van der Waals surface area contributed by atoms with E-state index in [-0.39, 0.29) is 0 Å². The number of rotatable bonds is 3. The molecule has 1 fully saturated rings. The van der Waals surface area contributed by atoms with Crippen LogP contribution in [-0.2, 0) is 4.79 Å². The Balaban J connectivity index is 1.83. The number of allylic oxidation sites excluding steroid dienone is 1. The Kier molecular flexibility index (Phi) is 3.78. The number of carbonyl (C=O) groups excluding carboxylic acids is 1. The summed E-state index contributed by atoms with van der Waals surface area (Å²) in [5.74, 6) is 0. The van der Waals surface area contributed by atoms with E-state index in [1.807, 2.05) is 0 Å². The van der Waals surface area contributed by atoms with Crippen LogP contribution in [0.4, 0.5) is 0 Å². The highest BCUT2D eigenvalue weighted by molar-refractivity contribution is 5.50. The monoisotopic (exact) mass is 208 g/mol. The number of amides is 1. The van der Waals surface area contributed by atoms with Gasteiger partial charge in [-0.15, -0.1) is 0 Å². The van der Waals surface area contributed by atoms with E-state index in [0.29, 0.717) is 0 Å². The van der Waals surface area contributed by atoms with Crippen molar-refractivity contribution < 1.29 is 4.79 Å². The summed E-state index contributed by atoms with van der Waals surface area (Å²) in [5.41, 5.74) is 1.11. The standard InChI is InChI=1S/C12H20N2O/c15-10-13-11-4-6-12(7-5-11)14-8-2-1-3-9-14/h4,10,12H,1-3,5-9H2,(H,13,15). The van der Waals surface area contributed by atoms with Gasteiger partial charge in [-0.3, -0.25) is 4.79 Å². The summed E-state index contributed by atoms with van der Waals surface area (Å²) in [4.78, 5) is 12.9. The average molecular weight is 208 g/mol. The maximum absolute atomic E-state index is 10.3. The van der Waals surface area contributed by atoms with Gasteiger partial charge in [0.1, 0.15) is 0 Å². The van der Waals surface area contributed by atoms with Gasteiger partial charge in [0.2, 0.25) is 6.41 Å². The number of nitrogens with zero attached hydrogens (tertiary/aromatic N) is 1. The van der Waals surface area contributed by atoms with Crippen molar-refractivity contribution in [3.05, 3.63) is 11.8 Å². The van der Waals surface area contributed by atoms with Crippen molar-refractivity contribution in [2.45, 2.75) is 44.6 Å². The van der Waals surface area contributed by atoms with Gasteiger partial charge < -0.3 is 10.2 Å². The summed E-state index contributed by atoms with van der Waals surface area (Å²) in [5, 5.41) is 2.77. The lowest BCUT2D eigenvalue weighted by atomic mass is 9.96. The van der Waals surface area contributed by atoms with Gasteiger partial charge in [-0.2, -0.15) is 0 Å². The molecule has 0 bridgehead atoms. The third kappa shape index (κ3) is 2.81. The van der Waals surface area contributed by atoms with Gasteiger partial charge in [-0.25, -0.2) is 0 Å². The minimum atomic E-state index is 0.725. The van der Waals surface area contributed by atoms with Crippen LogP contribution in [0.2, 0.25) is 0 Å². The molecule has 0 aromatic carbocycles. The zero-order valence-corrected chi connectivity index (χ0v) is 9.24. The van der Waals surface area contributed by atoms with Crippen LogP contribution in [0.5, 0.6) is 0 Å². The Morgan fingerprint density at radius 2 is 2.13 bits per heavy atom. The van der Waals surface area contributed by atoms with Crippen molar-refractivity contribution in [1.29, 1.82) is 0 Å². The second kappa shape index (κ2) is 5.31. The summed E-state index contributed by atoms with van der Waals surface area (Å²) in [7, 11) is 0. The van der Waals surface area contributed by atoms with Gasteiger partial charge in [0.05, 0.1) is 0 Å². The predicted octanol–water partition coefficient (Wildman–Crippen LogP) is 1.65. The van der Waals surface area contributed by atoms with Crippen LogP contribution in [0.1, 0.15) is 38.5 Å². The van der Waals surface area contributed by atoms with Crippen LogP contribution in [0.15, 0.2) is 11.8 Å². The highest BCUT2D eigenvalue weighted by Crippen LogP contribution is 2.23. The summed E-state index contributed by atoms with van der Waals surface area (Å²) < 4.78 is 0. The fourth-order valence-corrected chi connectivity index (χ4v) is 2.64. The minimum Gasteiger partial charge on any atom is -0.333 e. The van der Waals surface area contributed by atoms with Crippen LogP contribution in [0.25, 0.3) is 0 Å². The fraction of sp³-hybridized carbons (Fsp3) is 0.750. The third-order valence-electron chi connectivity index (χ3n) is 3.53. The number of nitrogens with one attached hydrogen (secondary N) is 1. The van der Waals surface area contributed by atoms with Crippen molar-refractivity contribution >= 4 is 6.41 Å². The molecule has 3 heteroatoms. The van der Waals surface area contributed by atoms with Gasteiger partial charge in [0.15, 0.2) is 0 Å². The molecule has 2 rings (SSSR count). The quantitative estimate of drug-likeness (QED) is 0.715. The molecule has 15 heavy (non-hydrogen) atoms. The number of carbonyl (C=O) groups is 1. The molecule has 1 amide bonds. The molecular weight excluding hydrogens is 188 g/mol. The Hall–Kier alpha value is -0.830. The van der Waals surface area contributed by atoms with Crippen molar-refractivity contribution in [2.75, 3.05) is 13.1 Å². The number of piperidine rings is 1. The van der Waals surface area contributed by atoms with Crippen LogP contribution in [0, 0.1) is 0 Å². The Labute approximate surface area is 91.5 Å². The first-order valence-corrected chi connectivity index (χ1v) is 6.03. The van der Waals surface area contributed by atoms with Gasteiger partial charge in [-0.1, -0.05) is 12.5 Å². The van der Waals surface area contributed by atoms with Gasteiger partial charge in [0, 0.05) is 11.7 Å². The van der Waals surface area contributed by atoms with E-state index >= 15 is 0 Å². The largest absolute Gasteiger partial charge is 0.333 e. The van der Waals surface area contributed by atoms with Crippen LogP contribution >= 0.6 is 0 Å². The molecule has 84 valence electrons. The summed E-state index contributed by atoms with van der Waals surface area (Å²) in [6.45, 7) is 2.55. The Morgan fingerprint density at radius 1 is 1.33 bits per heavy atom. The molecule has 0 radical (unpaired) electrons. The van der Waals surface area contributed by atoms with Gasteiger partial charge >= 0.3 is 0 Å². The van der Waals surface area contributed by atoms with Crippen molar-refractivity contribution in [1.82, 2.24) is 10.2 Å². The maximum atomic E-state index is 10.3. The average Bonchev–Trinajstić information content (AvgIpc) is 2.32. The number of hydrogen-bond donors (Lipinski definition) is 1. The van der Waals surface area contributed by atoms with E-state index in [1.165, 1.54) is 38.8 Å². The Morgan fingerprint density at radius 3 is 2.73 bits per heavy atom. The van der Waals surface area contributed by atoms with Crippen molar-refractivity contribution in [3.8, 4) is 0 Å². The topological polar surface area (TPSA) is 32.3 Å². The maximum Gasteiger partial charge on any atom is 0.211 e. The zero-order chi connectivity index (χ0) is 10.5. The first kappa shape index (κ1) is 10.7. The second-order valence-electron chi connectivity index (χ2n) is 4.52. The highest BCUT2D eigenvalue weighted by atomic mass is 16.1. The van der Waals surface area contributed by atoms with Gasteiger partial charge in [-0.05, 0) is 45.2 Å². The van der Waals surface area contributed by atoms with E-state index < -0.39 is 0 Å². The fourth-order valence-electron chi connectivity index (χ4n) is 2.64. The second-order valence-corrected chi connectivity index (χ2v) is 4.52. The van der Waals surface area contributed by atoms with Crippen LogP contribution in [-0.4, -0.2) is 30.4 Å². The molecule has 0 aromatic heterocycles. The van der Waals surface area contributed by atoms with E-state index in [9.17, 15) is 4.79 Å². The molecule has 1 saturated heterocycles. The number of likely N-dealkylation sites (tertiary alicyclic amines) is 1. The molecule has 0 spiro atoms. The SMILES string of the molecule is O=CNC1=CCC(N2CCCCC2)CC1. The zero-order valence-electron chi connectivity index (χ0n) is 9.24. The van der Waals surface area contributed by atoms with Crippen molar-refractivity contribution in [3.63, 3.8) is 0 Å². The predicted molar refractivity (Wildman–Crippen MR) is 60.3 cm³/mol. The molecule has 0 aromatic rings. The van der Waals surface area contributed by atoms with Crippen LogP contribution in [0.3, 0.4) is 0 Å². The van der Waals surface area contributed by atoms with Gasteiger partial charge in [0.25, 0.3) is 0 Å². The summed E-state index contributed by atoms with van der Waals surface area (Å²) in [6.07, 6.45) is 10.4. The molecule has 2 aliphatic rings. The molecule has 1 heterocycles. The molecule has 1 unspecified atom stereocenters. The van der Waals surface area contributed by atoms with E-state index in [2.05, 4.69) is 16.3 Å². The number of hydrogen-bond acceptors (Lipinski definition) is 2. The Bertz CT molecular complexity index is 244. The highest BCUT2D eigenvalue weighted by Gasteiger charge is 2.22. The van der Waals surface area contributed by atoms with Crippen molar-refractivity contribution in [2.24, 2.45) is 0 Å². The van der Waals surface area contributed by atoms with E-state index in [4.69, 9.17) is 0 Å². The molecule has 1 aliphatic carbocycles. The lowest BCUT2D eigenvalue weighted by molar-refractivity contribution is -0.109. The molecule has 1 atom stereocenters. The van der Waals surface area contributed by atoms with E-state index in [0.717, 1.165) is 31.0 Å². The minimum absolute atomic E-state index is 0.725. The first-order valence-electron chi connectivity index (χ1n) is 6.03.